The van der Waals surface area contributed by atoms with Crippen molar-refractivity contribution in [3.63, 3.8) is 0 Å². The summed E-state index contributed by atoms with van der Waals surface area (Å²) in [6.45, 7) is 2.49. The van der Waals surface area contributed by atoms with Gasteiger partial charge in [0.2, 0.25) is 10.0 Å². The average Bonchev–Trinajstić information content (AvgIpc) is 2.15. The Morgan fingerprint density at radius 3 is 2.36 bits per heavy atom. The summed E-state index contributed by atoms with van der Waals surface area (Å²) in [5.74, 6) is 0.913. The van der Waals surface area contributed by atoms with Crippen molar-refractivity contribution in [1.29, 1.82) is 0 Å². The Hall–Kier alpha value is 0.200. The fourth-order valence-corrected chi connectivity index (χ4v) is 2.50. The summed E-state index contributed by atoms with van der Waals surface area (Å²) in [6, 6.07) is 0. The first kappa shape index (κ1) is 14.2. The molecule has 0 aliphatic heterocycles. The highest BCUT2D eigenvalue weighted by molar-refractivity contribution is 7.89. The molecule has 0 unspecified atom stereocenters. The number of sulfonamides is 1. The van der Waals surface area contributed by atoms with Crippen molar-refractivity contribution >= 4 is 21.6 Å². The number of unbranched alkanes of at least 4 members (excludes halogenated alkanes) is 3. The topological polar surface area (TPSA) is 46.2 Å². The van der Waals surface area contributed by atoms with E-state index >= 15 is 0 Å². The molecule has 0 aromatic carbocycles. The molecule has 0 heterocycles. The lowest BCUT2D eigenvalue weighted by atomic mass is 10.2. The minimum absolute atomic E-state index is 0.245. The van der Waals surface area contributed by atoms with Crippen LogP contribution in [0.3, 0.4) is 0 Å². The van der Waals surface area contributed by atoms with Crippen molar-refractivity contribution in [3.05, 3.63) is 0 Å². The molecular formula is C9H20ClNO2S. The third-order valence-electron chi connectivity index (χ3n) is 1.87. The van der Waals surface area contributed by atoms with Gasteiger partial charge in [0.15, 0.2) is 0 Å². The highest BCUT2D eigenvalue weighted by atomic mass is 35.5. The van der Waals surface area contributed by atoms with Crippen molar-refractivity contribution in [2.45, 2.75) is 39.0 Å². The van der Waals surface area contributed by atoms with Crippen LogP contribution in [0.25, 0.3) is 0 Å². The van der Waals surface area contributed by atoms with Crippen molar-refractivity contribution in [1.82, 2.24) is 4.72 Å². The molecule has 86 valence electrons. The third-order valence-corrected chi connectivity index (χ3v) is 3.61. The molecule has 0 radical (unpaired) electrons. The largest absolute Gasteiger partial charge is 0.215 e. The van der Waals surface area contributed by atoms with E-state index in [0.29, 0.717) is 12.4 Å². The minimum atomic E-state index is -3.01. The molecule has 14 heavy (non-hydrogen) atoms. The average molecular weight is 242 g/mol. The molecule has 0 bridgehead atoms. The molecule has 0 spiro atoms. The monoisotopic (exact) mass is 241 g/mol. The Kier molecular flexibility index (Phi) is 8.63. The zero-order valence-corrected chi connectivity index (χ0v) is 10.3. The molecule has 0 saturated carbocycles. The van der Waals surface area contributed by atoms with E-state index < -0.39 is 10.0 Å². The molecule has 0 aromatic rings. The SMILES string of the molecule is CCCNS(=O)(=O)CCCCCCCl. The predicted molar refractivity (Wildman–Crippen MR) is 61.3 cm³/mol. The maximum Gasteiger partial charge on any atom is 0.211 e. The Bertz CT molecular complexity index is 217. The second-order valence-corrected chi connectivity index (χ2v) is 5.62. The molecule has 3 nitrogen and oxygen atoms in total. The maximum atomic E-state index is 11.3. The first-order valence-electron chi connectivity index (χ1n) is 5.15. The summed E-state index contributed by atoms with van der Waals surface area (Å²) < 4.78 is 25.1. The van der Waals surface area contributed by atoms with E-state index in [1.165, 1.54) is 0 Å². The molecule has 0 atom stereocenters. The number of rotatable bonds is 9. The van der Waals surface area contributed by atoms with Crippen molar-refractivity contribution < 1.29 is 8.42 Å². The van der Waals surface area contributed by atoms with E-state index in [-0.39, 0.29) is 5.75 Å². The van der Waals surface area contributed by atoms with Crippen molar-refractivity contribution in [3.8, 4) is 0 Å². The molecule has 0 aliphatic carbocycles. The van der Waals surface area contributed by atoms with Crippen molar-refractivity contribution in [2.24, 2.45) is 0 Å². The minimum Gasteiger partial charge on any atom is -0.215 e. The Labute approximate surface area is 92.3 Å². The summed E-state index contributed by atoms with van der Waals surface area (Å²) in [5.41, 5.74) is 0. The van der Waals surface area contributed by atoms with E-state index in [0.717, 1.165) is 32.1 Å². The van der Waals surface area contributed by atoms with Crippen LogP contribution in [0.5, 0.6) is 0 Å². The van der Waals surface area contributed by atoms with Gasteiger partial charge in [0.1, 0.15) is 0 Å². The van der Waals surface area contributed by atoms with Crippen LogP contribution in [0, 0.1) is 0 Å². The van der Waals surface area contributed by atoms with Crippen LogP contribution in [0.2, 0.25) is 0 Å². The number of hydrogen-bond acceptors (Lipinski definition) is 2. The summed E-state index contributed by atoms with van der Waals surface area (Å²) in [7, 11) is -3.01. The summed E-state index contributed by atoms with van der Waals surface area (Å²) in [4.78, 5) is 0. The smallest absolute Gasteiger partial charge is 0.211 e. The normalized spacial score (nSPS) is 11.9. The molecule has 0 fully saturated rings. The van der Waals surface area contributed by atoms with E-state index in [1.807, 2.05) is 6.92 Å². The lowest BCUT2D eigenvalue weighted by molar-refractivity contribution is 0.574. The zero-order chi connectivity index (χ0) is 10.9. The molecule has 0 aliphatic rings. The molecule has 0 rings (SSSR count). The standard InChI is InChI=1S/C9H20ClNO2S/c1-2-8-11-14(12,13)9-6-4-3-5-7-10/h11H,2-9H2,1H3. The van der Waals surface area contributed by atoms with Gasteiger partial charge in [0.05, 0.1) is 5.75 Å². The fraction of sp³-hybridized carbons (Fsp3) is 1.00. The van der Waals surface area contributed by atoms with Crippen LogP contribution >= 0.6 is 11.6 Å². The summed E-state index contributed by atoms with van der Waals surface area (Å²) in [6.07, 6.45) is 4.51. The third kappa shape index (κ3) is 8.78. The molecule has 0 saturated heterocycles. The Balaban J connectivity index is 3.46. The van der Waals surface area contributed by atoms with Crippen LogP contribution in [0.1, 0.15) is 39.0 Å². The van der Waals surface area contributed by atoms with Crippen LogP contribution in [0.15, 0.2) is 0 Å². The lowest BCUT2D eigenvalue weighted by Gasteiger charge is -2.04. The predicted octanol–water partition coefficient (Wildman–Crippen LogP) is 2.12. The lowest BCUT2D eigenvalue weighted by Crippen LogP contribution is -2.26. The van der Waals surface area contributed by atoms with E-state index in [4.69, 9.17) is 11.6 Å². The summed E-state index contributed by atoms with van der Waals surface area (Å²) in [5, 5.41) is 0. The van der Waals surface area contributed by atoms with Crippen LogP contribution in [-0.2, 0) is 10.0 Å². The Morgan fingerprint density at radius 2 is 1.79 bits per heavy atom. The fourth-order valence-electron chi connectivity index (χ4n) is 1.07. The molecule has 5 heteroatoms. The van der Waals surface area contributed by atoms with Gasteiger partial charge in [-0.3, -0.25) is 0 Å². The zero-order valence-electron chi connectivity index (χ0n) is 8.76. The van der Waals surface area contributed by atoms with Gasteiger partial charge in [0.25, 0.3) is 0 Å². The molecule has 0 aromatic heterocycles. The number of alkyl halides is 1. The molecule has 1 N–H and O–H groups in total. The quantitative estimate of drug-likeness (QED) is 0.497. The Morgan fingerprint density at radius 1 is 1.14 bits per heavy atom. The number of nitrogens with one attached hydrogen (secondary N) is 1. The van der Waals surface area contributed by atoms with Gasteiger partial charge in [-0.1, -0.05) is 19.8 Å². The van der Waals surface area contributed by atoms with E-state index in [1.54, 1.807) is 0 Å². The van der Waals surface area contributed by atoms with Gasteiger partial charge < -0.3 is 0 Å². The van der Waals surface area contributed by atoms with E-state index in [2.05, 4.69) is 4.72 Å². The van der Waals surface area contributed by atoms with Crippen LogP contribution in [0.4, 0.5) is 0 Å². The van der Waals surface area contributed by atoms with Crippen LogP contribution in [-0.4, -0.2) is 26.6 Å². The van der Waals surface area contributed by atoms with Gasteiger partial charge in [-0.25, -0.2) is 13.1 Å². The number of hydrogen-bond donors (Lipinski definition) is 1. The maximum absolute atomic E-state index is 11.3. The molecular weight excluding hydrogens is 222 g/mol. The van der Waals surface area contributed by atoms with Crippen molar-refractivity contribution in [2.75, 3.05) is 18.2 Å². The van der Waals surface area contributed by atoms with Gasteiger partial charge >= 0.3 is 0 Å². The highest BCUT2D eigenvalue weighted by Gasteiger charge is 2.07. The van der Waals surface area contributed by atoms with Gasteiger partial charge in [-0.05, 0) is 19.3 Å². The highest BCUT2D eigenvalue weighted by Crippen LogP contribution is 2.02. The molecule has 0 amide bonds. The second-order valence-electron chi connectivity index (χ2n) is 3.32. The van der Waals surface area contributed by atoms with Gasteiger partial charge in [0, 0.05) is 12.4 Å². The van der Waals surface area contributed by atoms with Gasteiger partial charge in [-0.2, -0.15) is 0 Å². The number of halogens is 1. The summed E-state index contributed by atoms with van der Waals surface area (Å²) >= 11 is 5.51. The first-order chi connectivity index (χ1) is 6.62. The van der Waals surface area contributed by atoms with Crippen LogP contribution < -0.4 is 4.72 Å². The first-order valence-corrected chi connectivity index (χ1v) is 7.34. The second kappa shape index (κ2) is 8.50. The van der Waals surface area contributed by atoms with E-state index in [9.17, 15) is 8.42 Å². The van der Waals surface area contributed by atoms with Gasteiger partial charge in [-0.15, -0.1) is 11.6 Å².